The summed E-state index contributed by atoms with van der Waals surface area (Å²) < 4.78 is 16.0. The second-order valence-electron chi connectivity index (χ2n) is 7.63. The molecule has 31 heavy (non-hydrogen) atoms. The number of rotatable bonds is 6. The third-order valence-corrected chi connectivity index (χ3v) is 4.91. The number of hydrogen-bond acceptors (Lipinski definition) is 7. The van der Waals surface area contributed by atoms with Gasteiger partial charge in [0.2, 0.25) is 0 Å². The van der Waals surface area contributed by atoms with Crippen LogP contribution < -0.4 is 10.1 Å². The van der Waals surface area contributed by atoms with Gasteiger partial charge in [-0.25, -0.2) is 14.6 Å². The molecule has 1 N–H and O–H groups in total. The predicted molar refractivity (Wildman–Crippen MR) is 120 cm³/mol. The maximum absolute atomic E-state index is 12.5. The fourth-order valence-corrected chi connectivity index (χ4v) is 3.52. The summed E-state index contributed by atoms with van der Waals surface area (Å²) in [5.41, 5.74) is 1.66. The van der Waals surface area contributed by atoms with Crippen molar-refractivity contribution in [2.75, 3.05) is 12.4 Å². The molecule has 0 saturated heterocycles. The lowest BCUT2D eigenvalue weighted by molar-refractivity contribution is 0.0467. The Morgan fingerprint density at radius 1 is 1.10 bits per heavy atom. The van der Waals surface area contributed by atoms with Gasteiger partial charge >= 0.3 is 12.1 Å². The van der Waals surface area contributed by atoms with Gasteiger partial charge in [0.1, 0.15) is 23.0 Å². The van der Waals surface area contributed by atoms with Gasteiger partial charge in [-0.05, 0) is 51.1 Å². The number of hydrogen-bond donors (Lipinski definition) is 1. The van der Waals surface area contributed by atoms with Gasteiger partial charge < -0.3 is 14.2 Å². The Bertz CT molecular complexity index is 1070. The quantitative estimate of drug-likeness (QED) is 0.508. The number of carbonyl (C=O) groups is 2. The Morgan fingerprint density at radius 3 is 2.61 bits per heavy atom. The molecular weight excluding hydrogens is 416 g/mol. The van der Waals surface area contributed by atoms with Crippen molar-refractivity contribution in [1.29, 1.82) is 0 Å². The monoisotopic (exact) mass is 440 g/mol. The van der Waals surface area contributed by atoms with E-state index in [2.05, 4.69) is 10.3 Å². The van der Waals surface area contributed by atoms with Gasteiger partial charge in [-0.3, -0.25) is 5.32 Å². The van der Waals surface area contributed by atoms with Crippen LogP contribution in [0.5, 0.6) is 5.75 Å². The van der Waals surface area contributed by atoms with E-state index in [1.807, 2.05) is 29.6 Å². The van der Waals surface area contributed by atoms with Crippen molar-refractivity contribution in [2.24, 2.45) is 0 Å². The van der Waals surface area contributed by atoms with Crippen molar-refractivity contribution >= 4 is 29.1 Å². The molecule has 0 bridgehead atoms. The number of benzene rings is 2. The molecule has 3 rings (SSSR count). The Labute approximate surface area is 185 Å². The Kier molecular flexibility index (Phi) is 6.91. The molecule has 0 saturated carbocycles. The minimum atomic E-state index is -0.614. The molecule has 0 unspecified atom stereocenters. The summed E-state index contributed by atoms with van der Waals surface area (Å²) >= 11 is 1.45. The summed E-state index contributed by atoms with van der Waals surface area (Å²) in [5, 5.41) is 5.24. The third kappa shape index (κ3) is 6.29. The number of thiazole rings is 1. The van der Waals surface area contributed by atoms with E-state index in [1.54, 1.807) is 46.1 Å². The van der Waals surface area contributed by atoms with Crippen LogP contribution in [0.25, 0.3) is 10.6 Å². The number of amides is 1. The normalized spacial score (nSPS) is 11.0. The summed E-state index contributed by atoms with van der Waals surface area (Å²) in [7, 11) is 1.61. The zero-order valence-electron chi connectivity index (χ0n) is 17.8. The maximum Gasteiger partial charge on any atom is 0.412 e. The third-order valence-electron chi connectivity index (χ3n) is 3.98. The molecule has 8 heteroatoms. The molecule has 0 aliphatic heterocycles. The second-order valence-corrected chi connectivity index (χ2v) is 8.49. The van der Waals surface area contributed by atoms with Gasteiger partial charge in [-0.1, -0.05) is 18.2 Å². The van der Waals surface area contributed by atoms with Crippen LogP contribution in [0.15, 0.2) is 53.9 Å². The molecule has 3 aromatic rings. The topological polar surface area (TPSA) is 86.8 Å². The molecule has 0 aliphatic carbocycles. The zero-order valence-corrected chi connectivity index (χ0v) is 18.6. The van der Waals surface area contributed by atoms with Crippen molar-refractivity contribution in [3.8, 4) is 16.3 Å². The Hall–Kier alpha value is -3.39. The van der Waals surface area contributed by atoms with Crippen LogP contribution in [0.2, 0.25) is 0 Å². The highest BCUT2D eigenvalue weighted by Gasteiger charge is 2.17. The molecule has 0 fully saturated rings. The molecule has 0 atom stereocenters. The smallest absolute Gasteiger partial charge is 0.412 e. The lowest BCUT2D eigenvalue weighted by Crippen LogP contribution is -2.27. The van der Waals surface area contributed by atoms with E-state index >= 15 is 0 Å². The van der Waals surface area contributed by atoms with Crippen molar-refractivity contribution in [2.45, 2.75) is 33.0 Å². The number of nitrogens with zero attached hydrogens (tertiary/aromatic N) is 1. The molecular formula is C23H24N2O5S. The minimum absolute atomic E-state index is 0.0359. The van der Waals surface area contributed by atoms with Gasteiger partial charge in [0.15, 0.2) is 0 Å². The van der Waals surface area contributed by atoms with Gasteiger partial charge in [0.25, 0.3) is 0 Å². The van der Waals surface area contributed by atoms with Gasteiger partial charge in [0, 0.05) is 11.1 Å². The van der Waals surface area contributed by atoms with E-state index in [4.69, 9.17) is 14.2 Å². The average Bonchev–Trinajstić information content (AvgIpc) is 3.19. The lowest BCUT2D eigenvalue weighted by Gasteiger charge is -2.19. The van der Waals surface area contributed by atoms with E-state index in [1.165, 1.54) is 17.4 Å². The van der Waals surface area contributed by atoms with Crippen LogP contribution in [-0.4, -0.2) is 29.8 Å². The first-order chi connectivity index (χ1) is 14.7. The molecule has 0 spiro atoms. The summed E-state index contributed by atoms with van der Waals surface area (Å²) in [4.78, 5) is 28.9. The lowest BCUT2D eigenvalue weighted by atomic mass is 10.2. The molecule has 1 aromatic heterocycles. The number of methoxy groups -OCH3 is 1. The van der Waals surface area contributed by atoms with Gasteiger partial charge in [-0.2, -0.15) is 0 Å². The second kappa shape index (κ2) is 9.61. The standard InChI is InChI=1S/C23H24N2O5S/c1-23(2,3)30-22(27)25-16-9-7-8-15(12-16)21(26)29-13-17-14-31-20(24-17)18-10-5-6-11-19(18)28-4/h5-12,14H,13H2,1-4H3,(H,25,27). The van der Waals surface area contributed by atoms with Gasteiger partial charge in [-0.15, -0.1) is 11.3 Å². The van der Waals surface area contributed by atoms with Crippen LogP contribution in [0.1, 0.15) is 36.8 Å². The Morgan fingerprint density at radius 2 is 1.87 bits per heavy atom. The number of nitrogens with one attached hydrogen (secondary N) is 1. The fourth-order valence-electron chi connectivity index (χ4n) is 2.69. The minimum Gasteiger partial charge on any atom is -0.496 e. The summed E-state index contributed by atoms with van der Waals surface area (Å²) in [6.45, 7) is 5.36. The zero-order chi connectivity index (χ0) is 22.4. The summed E-state index contributed by atoms with van der Waals surface area (Å²) in [5.74, 6) is 0.217. The summed E-state index contributed by atoms with van der Waals surface area (Å²) in [6, 6.07) is 14.1. The van der Waals surface area contributed by atoms with E-state index in [-0.39, 0.29) is 6.61 Å². The highest BCUT2D eigenvalue weighted by Crippen LogP contribution is 2.32. The SMILES string of the molecule is COc1ccccc1-c1nc(COC(=O)c2cccc(NC(=O)OC(C)(C)C)c2)cs1. The van der Waals surface area contributed by atoms with E-state index in [0.29, 0.717) is 16.9 Å². The molecule has 162 valence electrons. The molecule has 7 nitrogen and oxygen atoms in total. The van der Waals surface area contributed by atoms with E-state index in [9.17, 15) is 9.59 Å². The highest BCUT2D eigenvalue weighted by atomic mass is 32.1. The van der Waals surface area contributed by atoms with Gasteiger partial charge in [0.05, 0.1) is 23.9 Å². The predicted octanol–water partition coefficient (Wildman–Crippen LogP) is 5.52. The number of ether oxygens (including phenoxy) is 3. The number of esters is 1. The van der Waals surface area contributed by atoms with Crippen molar-refractivity contribution < 1.29 is 23.8 Å². The van der Waals surface area contributed by atoms with Crippen LogP contribution in [-0.2, 0) is 16.1 Å². The first kappa shape index (κ1) is 22.3. The van der Waals surface area contributed by atoms with Crippen LogP contribution >= 0.6 is 11.3 Å². The number of aromatic nitrogens is 1. The van der Waals surface area contributed by atoms with E-state index in [0.717, 1.165) is 16.3 Å². The van der Waals surface area contributed by atoms with E-state index < -0.39 is 17.7 Å². The molecule has 1 heterocycles. The Balaban J connectivity index is 1.61. The maximum atomic E-state index is 12.5. The highest BCUT2D eigenvalue weighted by molar-refractivity contribution is 7.13. The molecule has 0 aliphatic rings. The molecule has 2 aromatic carbocycles. The number of para-hydroxylation sites is 1. The first-order valence-electron chi connectivity index (χ1n) is 9.60. The number of carbonyl (C=O) groups excluding carboxylic acids is 2. The summed E-state index contributed by atoms with van der Waals surface area (Å²) in [6.07, 6.45) is -0.593. The molecule has 0 radical (unpaired) electrons. The molecule has 1 amide bonds. The van der Waals surface area contributed by atoms with Crippen molar-refractivity contribution in [3.05, 3.63) is 65.2 Å². The van der Waals surface area contributed by atoms with Crippen LogP contribution in [0, 0.1) is 0 Å². The van der Waals surface area contributed by atoms with Crippen molar-refractivity contribution in [1.82, 2.24) is 4.98 Å². The first-order valence-corrected chi connectivity index (χ1v) is 10.5. The number of anilines is 1. The van der Waals surface area contributed by atoms with Crippen molar-refractivity contribution in [3.63, 3.8) is 0 Å². The average molecular weight is 441 g/mol. The largest absolute Gasteiger partial charge is 0.496 e. The van der Waals surface area contributed by atoms with Crippen LogP contribution in [0.4, 0.5) is 10.5 Å². The fraction of sp³-hybridized carbons (Fsp3) is 0.261. The van der Waals surface area contributed by atoms with Crippen LogP contribution in [0.3, 0.4) is 0 Å².